The predicted octanol–water partition coefficient (Wildman–Crippen LogP) is 3.23. The van der Waals surface area contributed by atoms with Gasteiger partial charge in [0.15, 0.2) is 0 Å². The lowest BCUT2D eigenvalue weighted by atomic mass is 10.1. The molecule has 4 nitrogen and oxygen atoms in total. The maximum absolute atomic E-state index is 4.49. The molecule has 0 radical (unpaired) electrons. The molecule has 0 spiro atoms. The average Bonchev–Trinajstić information content (AvgIpc) is 2.78. The van der Waals surface area contributed by atoms with Gasteiger partial charge < -0.3 is 5.32 Å². The van der Waals surface area contributed by atoms with Gasteiger partial charge >= 0.3 is 0 Å². The van der Waals surface area contributed by atoms with E-state index in [0.717, 1.165) is 27.5 Å². The van der Waals surface area contributed by atoms with Gasteiger partial charge in [0.2, 0.25) is 0 Å². The van der Waals surface area contributed by atoms with E-state index < -0.39 is 0 Å². The standard InChI is InChI=1S/C13H16Br2N4/c1-16-12(4-3-10-5-6-18-19(10)2)13-11(15)7-9(14)8-17-13/h5-8,12,16H,3-4H2,1-2H3. The SMILES string of the molecule is CNC(CCc1ccnn1C)c1ncc(Br)cc1Br. The quantitative estimate of drug-likeness (QED) is 0.856. The molecule has 0 amide bonds. The van der Waals surface area contributed by atoms with Crippen LogP contribution in [0.15, 0.2) is 33.5 Å². The summed E-state index contributed by atoms with van der Waals surface area (Å²) in [6.45, 7) is 0. The van der Waals surface area contributed by atoms with Crippen molar-refractivity contribution in [2.24, 2.45) is 7.05 Å². The van der Waals surface area contributed by atoms with Crippen molar-refractivity contribution in [3.8, 4) is 0 Å². The van der Waals surface area contributed by atoms with E-state index in [2.05, 4.69) is 53.3 Å². The summed E-state index contributed by atoms with van der Waals surface area (Å²) in [5.41, 5.74) is 2.27. The summed E-state index contributed by atoms with van der Waals surface area (Å²) in [6.07, 6.45) is 5.60. The molecule has 0 aliphatic carbocycles. The highest BCUT2D eigenvalue weighted by molar-refractivity contribution is 9.11. The second-order valence-corrected chi connectivity index (χ2v) is 6.12. The number of hydrogen-bond donors (Lipinski definition) is 1. The summed E-state index contributed by atoms with van der Waals surface area (Å²) in [5.74, 6) is 0. The number of aromatic nitrogens is 3. The topological polar surface area (TPSA) is 42.7 Å². The normalized spacial score (nSPS) is 12.6. The Balaban J connectivity index is 2.10. The van der Waals surface area contributed by atoms with Gasteiger partial charge in [0.25, 0.3) is 0 Å². The third-order valence-electron chi connectivity index (χ3n) is 3.13. The van der Waals surface area contributed by atoms with Crippen LogP contribution >= 0.6 is 31.9 Å². The Morgan fingerprint density at radius 1 is 1.42 bits per heavy atom. The monoisotopic (exact) mass is 386 g/mol. The minimum atomic E-state index is 0.220. The maximum atomic E-state index is 4.49. The summed E-state index contributed by atoms with van der Waals surface area (Å²) in [6, 6.07) is 4.30. The van der Waals surface area contributed by atoms with Crippen LogP contribution in [0.1, 0.15) is 23.9 Å². The molecule has 0 aromatic carbocycles. The average molecular weight is 388 g/mol. The van der Waals surface area contributed by atoms with Crippen molar-refractivity contribution in [2.45, 2.75) is 18.9 Å². The van der Waals surface area contributed by atoms with E-state index in [1.165, 1.54) is 5.69 Å². The number of halogens is 2. The Morgan fingerprint density at radius 2 is 2.21 bits per heavy atom. The summed E-state index contributed by atoms with van der Waals surface area (Å²) in [4.78, 5) is 4.49. The van der Waals surface area contributed by atoms with Gasteiger partial charge in [-0.2, -0.15) is 5.10 Å². The first-order chi connectivity index (χ1) is 9.11. The first-order valence-electron chi connectivity index (χ1n) is 6.07. The highest BCUT2D eigenvalue weighted by Crippen LogP contribution is 2.27. The van der Waals surface area contributed by atoms with E-state index in [0.29, 0.717) is 0 Å². The van der Waals surface area contributed by atoms with Crippen LogP contribution in [-0.2, 0) is 13.5 Å². The first-order valence-corrected chi connectivity index (χ1v) is 7.65. The Morgan fingerprint density at radius 3 is 2.79 bits per heavy atom. The van der Waals surface area contributed by atoms with Crippen molar-refractivity contribution in [1.29, 1.82) is 0 Å². The van der Waals surface area contributed by atoms with Crippen LogP contribution < -0.4 is 5.32 Å². The summed E-state index contributed by atoms with van der Waals surface area (Å²) >= 11 is 6.99. The highest BCUT2D eigenvalue weighted by Gasteiger charge is 2.15. The molecule has 2 aromatic heterocycles. The van der Waals surface area contributed by atoms with Crippen LogP contribution in [0.2, 0.25) is 0 Å². The zero-order valence-electron chi connectivity index (χ0n) is 10.9. The third kappa shape index (κ3) is 3.64. The molecule has 2 aromatic rings. The molecule has 2 heterocycles. The molecule has 0 saturated heterocycles. The summed E-state index contributed by atoms with van der Waals surface area (Å²) in [7, 11) is 3.93. The number of nitrogens with one attached hydrogen (secondary N) is 1. The van der Waals surface area contributed by atoms with Crippen LogP contribution in [-0.4, -0.2) is 21.8 Å². The van der Waals surface area contributed by atoms with Gasteiger partial charge in [-0.05, 0) is 63.9 Å². The second-order valence-electron chi connectivity index (χ2n) is 4.35. The second kappa shape index (κ2) is 6.63. The lowest BCUT2D eigenvalue weighted by molar-refractivity contribution is 0.522. The fraction of sp³-hybridized carbons (Fsp3) is 0.385. The highest BCUT2D eigenvalue weighted by atomic mass is 79.9. The lowest BCUT2D eigenvalue weighted by Crippen LogP contribution is -2.19. The Hall–Kier alpha value is -0.720. The van der Waals surface area contributed by atoms with Crippen LogP contribution in [0.5, 0.6) is 0 Å². The van der Waals surface area contributed by atoms with Crippen LogP contribution in [0.25, 0.3) is 0 Å². The maximum Gasteiger partial charge on any atom is 0.0715 e. The zero-order chi connectivity index (χ0) is 13.8. The number of nitrogens with zero attached hydrogens (tertiary/aromatic N) is 3. The fourth-order valence-electron chi connectivity index (χ4n) is 2.04. The van der Waals surface area contributed by atoms with Gasteiger partial charge in [-0.25, -0.2) is 0 Å². The van der Waals surface area contributed by atoms with Crippen LogP contribution in [0.3, 0.4) is 0 Å². The van der Waals surface area contributed by atoms with E-state index in [1.54, 1.807) is 0 Å². The van der Waals surface area contributed by atoms with Crippen molar-refractivity contribution < 1.29 is 0 Å². The fourth-order valence-corrected chi connectivity index (χ4v) is 3.30. The number of hydrogen-bond acceptors (Lipinski definition) is 3. The predicted molar refractivity (Wildman–Crippen MR) is 83.0 cm³/mol. The molecule has 0 saturated carbocycles. The van der Waals surface area contributed by atoms with Crippen molar-refractivity contribution in [3.63, 3.8) is 0 Å². The van der Waals surface area contributed by atoms with Gasteiger partial charge in [-0.15, -0.1) is 0 Å². The Bertz CT molecular complexity index is 553. The molecular formula is C13H16Br2N4. The molecule has 0 aliphatic heterocycles. The van der Waals surface area contributed by atoms with E-state index in [9.17, 15) is 0 Å². The van der Waals surface area contributed by atoms with Crippen LogP contribution in [0.4, 0.5) is 0 Å². The van der Waals surface area contributed by atoms with Gasteiger partial charge in [0.05, 0.1) is 11.7 Å². The zero-order valence-corrected chi connectivity index (χ0v) is 14.1. The molecule has 6 heteroatoms. The first kappa shape index (κ1) is 14.7. The Kier molecular flexibility index (Phi) is 5.13. The lowest BCUT2D eigenvalue weighted by Gasteiger charge is -2.17. The number of rotatable bonds is 5. The molecule has 0 bridgehead atoms. The van der Waals surface area contributed by atoms with Crippen molar-refractivity contribution >= 4 is 31.9 Å². The van der Waals surface area contributed by atoms with Crippen LogP contribution in [0, 0.1) is 0 Å². The van der Waals surface area contributed by atoms with Crippen molar-refractivity contribution in [1.82, 2.24) is 20.1 Å². The minimum absolute atomic E-state index is 0.220. The van der Waals surface area contributed by atoms with Gasteiger partial charge in [-0.1, -0.05) is 0 Å². The molecule has 1 atom stereocenters. The number of pyridine rings is 1. The van der Waals surface area contributed by atoms with Crippen molar-refractivity contribution in [3.05, 3.63) is 44.9 Å². The smallest absolute Gasteiger partial charge is 0.0715 e. The van der Waals surface area contributed by atoms with E-state index in [4.69, 9.17) is 0 Å². The number of aryl methyl sites for hydroxylation is 2. The van der Waals surface area contributed by atoms with E-state index >= 15 is 0 Å². The van der Waals surface area contributed by atoms with E-state index in [-0.39, 0.29) is 6.04 Å². The van der Waals surface area contributed by atoms with Gasteiger partial charge in [0.1, 0.15) is 0 Å². The van der Waals surface area contributed by atoms with Gasteiger partial charge in [0, 0.05) is 34.1 Å². The molecule has 1 unspecified atom stereocenters. The molecule has 0 fully saturated rings. The third-order valence-corrected chi connectivity index (χ3v) is 4.20. The largest absolute Gasteiger partial charge is 0.312 e. The molecule has 2 rings (SSSR count). The summed E-state index contributed by atoms with van der Waals surface area (Å²) < 4.78 is 3.91. The molecule has 0 aliphatic rings. The molecular weight excluding hydrogens is 372 g/mol. The van der Waals surface area contributed by atoms with Crippen molar-refractivity contribution in [2.75, 3.05) is 7.05 Å². The minimum Gasteiger partial charge on any atom is -0.312 e. The molecule has 1 N–H and O–H groups in total. The van der Waals surface area contributed by atoms with Gasteiger partial charge in [-0.3, -0.25) is 9.67 Å². The summed E-state index contributed by atoms with van der Waals surface area (Å²) in [5, 5.41) is 7.51. The molecule has 19 heavy (non-hydrogen) atoms. The van der Waals surface area contributed by atoms with E-state index in [1.807, 2.05) is 37.2 Å². The Labute approximate surface area is 129 Å². The molecule has 102 valence electrons.